The molecule has 0 saturated heterocycles. The quantitative estimate of drug-likeness (QED) is 0.644. The summed E-state index contributed by atoms with van der Waals surface area (Å²) in [7, 11) is -4.46. The van der Waals surface area contributed by atoms with E-state index in [0.29, 0.717) is 0 Å². The van der Waals surface area contributed by atoms with Crippen LogP contribution in [-0.4, -0.2) is 24.0 Å². The van der Waals surface area contributed by atoms with E-state index in [0.717, 1.165) is 0 Å². The largest absolute Gasteiger partial charge is 0.478 e. The zero-order chi connectivity index (χ0) is 13.9. The Morgan fingerprint density at radius 1 is 1.33 bits per heavy atom. The third-order valence-corrected chi connectivity index (χ3v) is 3.25. The summed E-state index contributed by atoms with van der Waals surface area (Å²) in [4.78, 5) is 10.4. The number of rotatable bonds is 4. The molecule has 0 radical (unpaired) electrons. The van der Waals surface area contributed by atoms with Crippen LogP contribution in [0.2, 0.25) is 0 Å². The molecule has 6 heteroatoms. The number of carboxylic acid groups (broad SMARTS) is 1. The van der Waals surface area contributed by atoms with Crippen molar-refractivity contribution in [1.82, 2.24) is 0 Å². The van der Waals surface area contributed by atoms with Crippen molar-refractivity contribution < 1.29 is 22.9 Å². The normalized spacial score (nSPS) is 12.2. The summed E-state index contributed by atoms with van der Waals surface area (Å²) < 4.78 is 31.8. The van der Waals surface area contributed by atoms with E-state index < -0.39 is 16.1 Å². The number of aliphatic carboxylic acids is 1. The molecule has 0 heterocycles. The Bertz CT molecular complexity index is 626. The van der Waals surface area contributed by atoms with Gasteiger partial charge < -0.3 is 5.11 Å². The lowest BCUT2D eigenvalue weighted by Gasteiger charge is -2.07. The monoisotopic (exact) mass is 268 g/mol. The minimum atomic E-state index is -4.46. The fourth-order valence-electron chi connectivity index (χ4n) is 1.44. The maximum Gasteiger partial charge on any atom is 0.331 e. The van der Waals surface area contributed by atoms with E-state index in [1.54, 1.807) is 6.07 Å². The molecule has 2 N–H and O–H groups in total. The second-order valence-electron chi connectivity index (χ2n) is 3.58. The molecule has 1 rings (SSSR count). The Labute approximate surface area is 105 Å². The van der Waals surface area contributed by atoms with E-state index in [-0.39, 0.29) is 21.6 Å². The van der Waals surface area contributed by atoms with E-state index in [2.05, 4.69) is 6.58 Å². The third-order valence-electron chi connectivity index (χ3n) is 2.26. The molecule has 0 fully saturated rings. The molecule has 1 aromatic carbocycles. The van der Waals surface area contributed by atoms with Gasteiger partial charge in [-0.05, 0) is 24.1 Å². The molecule has 96 valence electrons. The summed E-state index contributed by atoms with van der Waals surface area (Å²) in [5, 5.41) is 8.76. The van der Waals surface area contributed by atoms with Gasteiger partial charge in [-0.3, -0.25) is 4.55 Å². The van der Waals surface area contributed by atoms with Crippen LogP contribution in [0.5, 0.6) is 0 Å². The van der Waals surface area contributed by atoms with E-state index in [1.165, 1.54) is 31.2 Å². The standard InChI is InChI=1S/C12H12O5S/c1-3-9-5-4-6-10(7-8(2)12(13)14)11(9)18(15,16)17/h3-7H,1H2,2H3,(H,13,14)(H,15,16,17)/b8-7+. The van der Waals surface area contributed by atoms with Crippen molar-refractivity contribution in [3.63, 3.8) is 0 Å². The molecule has 5 nitrogen and oxygen atoms in total. The topological polar surface area (TPSA) is 91.7 Å². The summed E-state index contributed by atoms with van der Waals surface area (Å²) in [5.74, 6) is -1.17. The first kappa shape index (κ1) is 14.1. The van der Waals surface area contributed by atoms with E-state index in [9.17, 15) is 17.8 Å². The highest BCUT2D eigenvalue weighted by molar-refractivity contribution is 7.86. The highest BCUT2D eigenvalue weighted by atomic mass is 32.2. The predicted octanol–water partition coefficient (Wildman–Crippen LogP) is 2.06. The maximum atomic E-state index is 11.3. The van der Waals surface area contributed by atoms with Gasteiger partial charge in [-0.25, -0.2) is 4.79 Å². The van der Waals surface area contributed by atoms with Crippen LogP contribution in [0.3, 0.4) is 0 Å². The molecule has 0 spiro atoms. The van der Waals surface area contributed by atoms with Gasteiger partial charge in [-0.15, -0.1) is 0 Å². The van der Waals surface area contributed by atoms with Gasteiger partial charge in [0.1, 0.15) is 4.90 Å². The SMILES string of the molecule is C=Cc1cccc(/C=C(\C)C(=O)O)c1S(=O)(=O)O. The van der Waals surface area contributed by atoms with Gasteiger partial charge in [0, 0.05) is 5.57 Å². The molecule has 0 saturated carbocycles. The molecule has 0 unspecified atom stereocenters. The molecule has 1 aromatic rings. The van der Waals surface area contributed by atoms with Crippen LogP contribution in [0.1, 0.15) is 18.1 Å². The molecular formula is C12H12O5S. The Morgan fingerprint density at radius 3 is 2.33 bits per heavy atom. The average molecular weight is 268 g/mol. The highest BCUT2D eigenvalue weighted by Gasteiger charge is 2.18. The molecule has 0 atom stereocenters. The summed E-state index contributed by atoms with van der Waals surface area (Å²) in [6.07, 6.45) is 2.45. The first-order valence-corrected chi connectivity index (χ1v) is 6.36. The van der Waals surface area contributed by atoms with Crippen LogP contribution >= 0.6 is 0 Å². The second-order valence-corrected chi connectivity index (χ2v) is 4.94. The average Bonchev–Trinajstić information content (AvgIpc) is 2.26. The second kappa shape index (κ2) is 5.16. The minimum absolute atomic E-state index is 0.0406. The van der Waals surface area contributed by atoms with Crippen LogP contribution in [0.25, 0.3) is 12.2 Å². The number of benzene rings is 1. The highest BCUT2D eigenvalue weighted by Crippen LogP contribution is 2.24. The molecule has 0 amide bonds. The summed E-state index contributed by atoms with van der Waals surface area (Å²) in [5.41, 5.74) is 0.278. The Kier molecular flexibility index (Phi) is 4.05. The van der Waals surface area contributed by atoms with Crippen LogP contribution in [0.15, 0.2) is 35.2 Å². The van der Waals surface area contributed by atoms with Crippen LogP contribution in [-0.2, 0) is 14.9 Å². The lowest BCUT2D eigenvalue weighted by atomic mass is 10.1. The smallest absolute Gasteiger partial charge is 0.331 e. The Balaban J connectivity index is 3.61. The van der Waals surface area contributed by atoms with Crippen LogP contribution in [0.4, 0.5) is 0 Å². The van der Waals surface area contributed by atoms with Gasteiger partial charge in [0.15, 0.2) is 0 Å². The van der Waals surface area contributed by atoms with Gasteiger partial charge in [-0.1, -0.05) is 30.9 Å². The zero-order valence-corrected chi connectivity index (χ0v) is 10.4. The van der Waals surface area contributed by atoms with Crippen molar-refractivity contribution in [3.05, 3.63) is 41.5 Å². The maximum absolute atomic E-state index is 11.3. The van der Waals surface area contributed by atoms with Crippen molar-refractivity contribution >= 4 is 28.2 Å². The molecule has 0 aromatic heterocycles. The number of carbonyl (C=O) groups is 1. The van der Waals surface area contributed by atoms with E-state index >= 15 is 0 Å². The number of hydrogen-bond acceptors (Lipinski definition) is 3. The van der Waals surface area contributed by atoms with Crippen molar-refractivity contribution in [2.24, 2.45) is 0 Å². The lowest BCUT2D eigenvalue weighted by molar-refractivity contribution is -0.132. The number of carboxylic acids is 1. The van der Waals surface area contributed by atoms with E-state index in [4.69, 9.17) is 5.11 Å². The van der Waals surface area contributed by atoms with Gasteiger partial charge in [-0.2, -0.15) is 8.42 Å². The zero-order valence-electron chi connectivity index (χ0n) is 9.62. The van der Waals surface area contributed by atoms with Gasteiger partial charge in [0.2, 0.25) is 0 Å². The fraction of sp³-hybridized carbons (Fsp3) is 0.0833. The number of hydrogen-bond donors (Lipinski definition) is 2. The van der Waals surface area contributed by atoms with Crippen molar-refractivity contribution in [1.29, 1.82) is 0 Å². The Hall–Kier alpha value is -1.92. The van der Waals surface area contributed by atoms with Crippen molar-refractivity contribution in [2.75, 3.05) is 0 Å². The van der Waals surface area contributed by atoms with Crippen molar-refractivity contribution in [2.45, 2.75) is 11.8 Å². The summed E-state index contributed by atoms with van der Waals surface area (Å²) >= 11 is 0. The molecule has 0 aliphatic rings. The lowest BCUT2D eigenvalue weighted by Crippen LogP contribution is -2.04. The summed E-state index contributed by atoms with van der Waals surface area (Å²) in [6, 6.07) is 4.42. The molecule has 0 aliphatic heterocycles. The van der Waals surface area contributed by atoms with E-state index in [1.807, 2.05) is 0 Å². The van der Waals surface area contributed by atoms with Crippen LogP contribution in [0, 0.1) is 0 Å². The summed E-state index contributed by atoms with van der Waals surface area (Å²) in [6.45, 7) is 4.78. The van der Waals surface area contributed by atoms with Crippen molar-refractivity contribution in [3.8, 4) is 0 Å². The third kappa shape index (κ3) is 3.06. The predicted molar refractivity (Wildman–Crippen MR) is 67.6 cm³/mol. The Morgan fingerprint density at radius 2 is 1.89 bits per heavy atom. The van der Waals surface area contributed by atoms with Gasteiger partial charge in [0.25, 0.3) is 10.1 Å². The van der Waals surface area contributed by atoms with Gasteiger partial charge in [0.05, 0.1) is 0 Å². The first-order chi connectivity index (χ1) is 8.27. The van der Waals surface area contributed by atoms with Crippen LogP contribution < -0.4 is 0 Å². The first-order valence-electron chi connectivity index (χ1n) is 4.92. The molecule has 0 bridgehead atoms. The molecule has 18 heavy (non-hydrogen) atoms. The fourth-order valence-corrected chi connectivity index (χ4v) is 2.31. The molecule has 0 aliphatic carbocycles. The minimum Gasteiger partial charge on any atom is -0.478 e. The van der Waals surface area contributed by atoms with Gasteiger partial charge >= 0.3 is 5.97 Å². The molecular weight excluding hydrogens is 256 g/mol.